The summed E-state index contributed by atoms with van der Waals surface area (Å²) in [6, 6.07) is 5.04. The van der Waals surface area contributed by atoms with Crippen molar-refractivity contribution in [3.63, 3.8) is 0 Å². The molecule has 1 heterocycles. The minimum absolute atomic E-state index is 0.0276. The van der Waals surface area contributed by atoms with Crippen LogP contribution in [-0.4, -0.2) is 22.7 Å². The lowest BCUT2D eigenvalue weighted by Gasteiger charge is -2.07. The Labute approximate surface area is 123 Å². The SMILES string of the molecule is COc1ccc(C(=O)Cn2nc(C)c(C)c2C)cc1Cl. The van der Waals surface area contributed by atoms with Crippen LogP contribution in [-0.2, 0) is 6.54 Å². The Morgan fingerprint density at radius 3 is 2.55 bits per heavy atom. The van der Waals surface area contributed by atoms with E-state index in [1.54, 1.807) is 30.0 Å². The van der Waals surface area contributed by atoms with Crippen molar-refractivity contribution in [2.24, 2.45) is 0 Å². The number of ketones is 1. The third-order valence-electron chi connectivity index (χ3n) is 3.51. The van der Waals surface area contributed by atoms with E-state index in [4.69, 9.17) is 16.3 Å². The number of aryl methyl sites for hydroxylation is 1. The molecule has 0 N–H and O–H groups in total. The third kappa shape index (κ3) is 2.70. The van der Waals surface area contributed by atoms with Gasteiger partial charge in [-0.25, -0.2) is 0 Å². The molecule has 1 aromatic carbocycles. The molecule has 2 aromatic rings. The Balaban J connectivity index is 2.24. The summed E-state index contributed by atoms with van der Waals surface area (Å²) < 4.78 is 6.80. The molecule has 106 valence electrons. The molecule has 0 radical (unpaired) electrons. The topological polar surface area (TPSA) is 44.1 Å². The largest absolute Gasteiger partial charge is 0.495 e. The van der Waals surface area contributed by atoms with Gasteiger partial charge in [-0.05, 0) is 44.5 Å². The number of hydrogen-bond acceptors (Lipinski definition) is 3. The van der Waals surface area contributed by atoms with Gasteiger partial charge < -0.3 is 4.74 Å². The van der Waals surface area contributed by atoms with Gasteiger partial charge >= 0.3 is 0 Å². The van der Waals surface area contributed by atoms with Crippen LogP contribution in [0.2, 0.25) is 5.02 Å². The maximum Gasteiger partial charge on any atom is 0.184 e. The quantitative estimate of drug-likeness (QED) is 0.812. The first-order valence-corrected chi connectivity index (χ1v) is 6.69. The highest BCUT2D eigenvalue weighted by molar-refractivity contribution is 6.32. The molecule has 0 aliphatic carbocycles. The highest BCUT2D eigenvalue weighted by atomic mass is 35.5. The van der Waals surface area contributed by atoms with Crippen molar-refractivity contribution in [3.05, 3.63) is 45.7 Å². The standard InChI is InChI=1S/C15H17ClN2O2/c1-9-10(2)17-18(11(9)3)8-14(19)12-5-6-15(20-4)13(16)7-12/h5-7H,8H2,1-4H3. The van der Waals surface area contributed by atoms with Crippen LogP contribution in [0.3, 0.4) is 0 Å². The number of carbonyl (C=O) groups excluding carboxylic acids is 1. The van der Waals surface area contributed by atoms with Gasteiger partial charge in [0.25, 0.3) is 0 Å². The van der Waals surface area contributed by atoms with Crippen molar-refractivity contribution < 1.29 is 9.53 Å². The number of nitrogens with zero attached hydrogens (tertiary/aromatic N) is 2. The Morgan fingerprint density at radius 1 is 1.35 bits per heavy atom. The van der Waals surface area contributed by atoms with E-state index in [9.17, 15) is 4.79 Å². The number of methoxy groups -OCH3 is 1. The minimum Gasteiger partial charge on any atom is -0.495 e. The third-order valence-corrected chi connectivity index (χ3v) is 3.81. The maximum absolute atomic E-state index is 12.3. The van der Waals surface area contributed by atoms with E-state index in [1.165, 1.54) is 0 Å². The number of carbonyl (C=O) groups is 1. The van der Waals surface area contributed by atoms with Crippen LogP contribution in [0.25, 0.3) is 0 Å². The average molecular weight is 293 g/mol. The van der Waals surface area contributed by atoms with Gasteiger partial charge in [-0.2, -0.15) is 5.10 Å². The fourth-order valence-electron chi connectivity index (χ4n) is 2.01. The predicted octanol–water partition coefficient (Wildman–Crippen LogP) is 3.35. The molecule has 0 aliphatic rings. The minimum atomic E-state index is -0.0276. The van der Waals surface area contributed by atoms with Crippen molar-refractivity contribution in [3.8, 4) is 5.75 Å². The zero-order valence-electron chi connectivity index (χ0n) is 12.0. The van der Waals surface area contributed by atoms with Gasteiger partial charge in [0.2, 0.25) is 0 Å². The van der Waals surface area contributed by atoms with Gasteiger partial charge in [0.15, 0.2) is 5.78 Å². The lowest BCUT2D eigenvalue weighted by molar-refractivity contribution is 0.0966. The molecule has 0 fully saturated rings. The molecule has 2 rings (SSSR count). The van der Waals surface area contributed by atoms with E-state index in [-0.39, 0.29) is 12.3 Å². The average Bonchev–Trinajstić information content (AvgIpc) is 2.66. The van der Waals surface area contributed by atoms with Crippen LogP contribution >= 0.6 is 11.6 Å². The molecule has 0 spiro atoms. The van der Waals surface area contributed by atoms with Gasteiger partial charge in [0, 0.05) is 11.3 Å². The molecule has 0 saturated carbocycles. The summed E-state index contributed by atoms with van der Waals surface area (Å²) in [5.74, 6) is 0.533. The summed E-state index contributed by atoms with van der Waals surface area (Å²) in [6.07, 6.45) is 0. The number of hydrogen-bond donors (Lipinski definition) is 0. The monoisotopic (exact) mass is 292 g/mol. The van der Waals surface area contributed by atoms with Crippen molar-refractivity contribution in [1.82, 2.24) is 9.78 Å². The first-order valence-electron chi connectivity index (χ1n) is 6.31. The molecule has 0 amide bonds. The van der Waals surface area contributed by atoms with Gasteiger partial charge in [0.05, 0.1) is 17.8 Å². The molecular formula is C15H17ClN2O2. The summed E-state index contributed by atoms with van der Waals surface area (Å²) in [6.45, 7) is 6.11. The number of benzene rings is 1. The molecular weight excluding hydrogens is 276 g/mol. The molecule has 0 bridgehead atoms. The van der Waals surface area contributed by atoms with E-state index in [1.807, 2.05) is 20.8 Å². The van der Waals surface area contributed by atoms with Crippen molar-refractivity contribution in [2.45, 2.75) is 27.3 Å². The molecule has 0 unspecified atom stereocenters. The van der Waals surface area contributed by atoms with Crippen LogP contribution in [0.1, 0.15) is 27.3 Å². The smallest absolute Gasteiger partial charge is 0.184 e. The Morgan fingerprint density at radius 2 is 2.05 bits per heavy atom. The molecule has 4 nitrogen and oxygen atoms in total. The zero-order chi connectivity index (χ0) is 14.9. The van der Waals surface area contributed by atoms with E-state index in [0.29, 0.717) is 16.3 Å². The second-order valence-corrected chi connectivity index (χ2v) is 5.13. The fourth-order valence-corrected chi connectivity index (χ4v) is 2.27. The maximum atomic E-state index is 12.3. The first kappa shape index (κ1) is 14.6. The molecule has 20 heavy (non-hydrogen) atoms. The van der Waals surface area contributed by atoms with Gasteiger partial charge in [-0.3, -0.25) is 9.48 Å². The van der Waals surface area contributed by atoms with E-state index >= 15 is 0 Å². The Bertz CT molecular complexity index is 662. The number of rotatable bonds is 4. The highest BCUT2D eigenvalue weighted by Gasteiger charge is 2.13. The van der Waals surface area contributed by atoms with Crippen molar-refractivity contribution in [2.75, 3.05) is 7.11 Å². The summed E-state index contributed by atoms with van der Waals surface area (Å²) in [7, 11) is 1.54. The molecule has 0 atom stereocenters. The first-order chi connectivity index (χ1) is 9.43. The predicted molar refractivity (Wildman–Crippen MR) is 78.8 cm³/mol. The summed E-state index contributed by atoms with van der Waals surface area (Å²) in [4.78, 5) is 12.3. The summed E-state index contributed by atoms with van der Waals surface area (Å²) >= 11 is 6.04. The van der Waals surface area contributed by atoms with Crippen LogP contribution < -0.4 is 4.74 Å². The zero-order valence-corrected chi connectivity index (χ0v) is 12.8. The summed E-state index contributed by atoms with van der Waals surface area (Å²) in [5.41, 5.74) is 3.63. The van der Waals surface area contributed by atoms with Crippen LogP contribution in [0.5, 0.6) is 5.75 Å². The van der Waals surface area contributed by atoms with Crippen molar-refractivity contribution in [1.29, 1.82) is 0 Å². The van der Waals surface area contributed by atoms with E-state index < -0.39 is 0 Å². The number of halogens is 1. The van der Waals surface area contributed by atoms with Crippen molar-refractivity contribution >= 4 is 17.4 Å². The fraction of sp³-hybridized carbons (Fsp3) is 0.333. The second-order valence-electron chi connectivity index (χ2n) is 4.73. The van der Waals surface area contributed by atoms with Crippen LogP contribution in [0, 0.1) is 20.8 Å². The number of aromatic nitrogens is 2. The lowest BCUT2D eigenvalue weighted by atomic mass is 10.1. The lowest BCUT2D eigenvalue weighted by Crippen LogP contribution is -2.13. The van der Waals surface area contributed by atoms with Crippen LogP contribution in [0.15, 0.2) is 18.2 Å². The van der Waals surface area contributed by atoms with Gasteiger partial charge in [0.1, 0.15) is 12.3 Å². The molecule has 5 heteroatoms. The van der Waals surface area contributed by atoms with Gasteiger partial charge in [-0.15, -0.1) is 0 Å². The molecule has 0 saturated heterocycles. The Hall–Kier alpha value is -1.81. The van der Waals surface area contributed by atoms with Crippen LogP contribution in [0.4, 0.5) is 0 Å². The van der Waals surface area contributed by atoms with Gasteiger partial charge in [-0.1, -0.05) is 11.6 Å². The molecule has 1 aromatic heterocycles. The highest BCUT2D eigenvalue weighted by Crippen LogP contribution is 2.25. The normalized spacial score (nSPS) is 10.7. The van der Waals surface area contributed by atoms with E-state index in [0.717, 1.165) is 17.0 Å². The molecule has 0 aliphatic heterocycles. The second kappa shape index (κ2) is 5.67. The Kier molecular flexibility index (Phi) is 4.14. The number of Topliss-reactive ketones (excluding diaryl/α,β-unsaturated/α-hetero) is 1. The summed E-state index contributed by atoms with van der Waals surface area (Å²) in [5, 5.41) is 4.80. The van der Waals surface area contributed by atoms with E-state index in [2.05, 4.69) is 5.10 Å². The number of ether oxygens (including phenoxy) is 1.